The number of carbonyl (C=O) groups is 2. The van der Waals surface area contributed by atoms with Crippen LogP contribution in [0.4, 0.5) is 5.69 Å². The first-order chi connectivity index (χ1) is 11.4. The first-order valence-corrected chi connectivity index (χ1v) is 8.93. The molecule has 2 atom stereocenters. The molecule has 0 radical (unpaired) electrons. The number of rotatable bonds is 5. The maximum Gasteiger partial charge on any atom is 0.228 e. The Labute approximate surface area is 146 Å². The summed E-state index contributed by atoms with van der Waals surface area (Å²) in [6.45, 7) is 4.18. The van der Waals surface area contributed by atoms with Crippen molar-refractivity contribution in [3.05, 3.63) is 51.7 Å². The number of nitrogens with zero attached hydrogens (tertiary/aromatic N) is 1. The summed E-state index contributed by atoms with van der Waals surface area (Å²) < 4.78 is 0. The summed E-state index contributed by atoms with van der Waals surface area (Å²) in [6.07, 6.45) is 0.929. The van der Waals surface area contributed by atoms with Gasteiger partial charge in [-0.25, -0.2) is 0 Å². The van der Waals surface area contributed by atoms with Gasteiger partial charge in [0.1, 0.15) is 0 Å². The molecule has 1 aromatic carbocycles. The molecule has 2 unspecified atom stereocenters. The van der Waals surface area contributed by atoms with E-state index in [-0.39, 0.29) is 17.7 Å². The van der Waals surface area contributed by atoms with Gasteiger partial charge in [0, 0.05) is 47.8 Å². The second kappa shape index (κ2) is 6.77. The molecule has 1 aliphatic rings. The number of hydrogen-bond donors (Lipinski definition) is 1. The number of thiophene rings is 1. The van der Waals surface area contributed by atoms with Crippen LogP contribution >= 0.6 is 11.3 Å². The largest absolute Gasteiger partial charge is 0.342 e. The Bertz CT molecular complexity index is 768. The van der Waals surface area contributed by atoms with Gasteiger partial charge in [0.05, 0.1) is 0 Å². The lowest BCUT2D eigenvalue weighted by molar-refractivity contribution is -0.128. The lowest BCUT2D eigenvalue weighted by atomic mass is 10.2. The molecule has 1 saturated carbocycles. The standard InChI is InChI=1S/C19H22N2O2S/c1-12-7-8-18(24-12)16-10-17(16)19(23)20-15-6-4-5-14(9-15)11-21(3)13(2)22/h4-9,16-17H,10-11H2,1-3H3,(H,20,23). The topological polar surface area (TPSA) is 49.4 Å². The Morgan fingerprint density at radius 3 is 2.75 bits per heavy atom. The van der Waals surface area contributed by atoms with Crippen molar-refractivity contribution in [2.75, 3.05) is 12.4 Å². The van der Waals surface area contributed by atoms with E-state index in [1.165, 1.54) is 9.75 Å². The van der Waals surface area contributed by atoms with Gasteiger partial charge in [0.2, 0.25) is 11.8 Å². The molecular weight excluding hydrogens is 320 g/mol. The van der Waals surface area contributed by atoms with Crippen LogP contribution in [0.15, 0.2) is 36.4 Å². The van der Waals surface area contributed by atoms with E-state index in [9.17, 15) is 9.59 Å². The van der Waals surface area contributed by atoms with Crippen molar-refractivity contribution in [1.29, 1.82) is 0 Å². The quantitative estimate of drug-likeness (QED) is 0.899. The van der Waals surface area contributed by atoms with Crippen LogP contribution in [0.25, 0.3) is 0 Å². The molecule has 5 heteroatoms. The van der Waals surface area contributed by atoms with Crippen LogP contribution < -0.4 is 5.32 Å². The summed E-state index contributed by atoms with van der Waals surface area (Å²) in [7, 11) is 1.77. The molecule has 4 nitrogen and oxygen atoms in total. The highest BCUT2D eigenvalue weighted by atomic mass is 32.1. The Hall–Kier alpha value is -2.14. The number of nitrogens with one attached hydrogen (secondary N) is 1. The van der Waals surface area contributed by atoms with Crippen LogP contribution in [0.3, 0.4) is 0 Å². The van der Waals surface area contributed by atoms with E-state index in [1.54, 1.807) is 30.2 Å². The zero-order valence-electron chi connectivity index (χ0n) is 14.2. The Kier molecular flexibility index (Phi) is 4.71. The molecule has 3 rings (SSSR count). The fourth-order valence-corrected chi connectivity index (χ4v) is 3.88. The summed E-state index contributed by atoms with van der Waals surface area (Å²) in [6, 6.07) is 11.9. The summed E-state index contributed by atoms with van der Waals surface area (Å²) >= 11 is 1.78. The summed E-state index contributed by atoms with van der Waals surface area (Å²) in [5.41, 5.74) is 1.80. The number of hydrogen-bond acceptors (Lipinski definition) is 3. The van der Waals surface area contributed by atoms with E-state index in [4.69, 9.17) is 0 Å². The second-order valence-electron chi connectivity index (χ2n) is 6.46. The van der Waals surface area contributed by atoms with Gasteiger partial charge in [-0.1, -0.05) is 12.1 Å². The molecule has 1 N–H and O–H groups in total. The number of aryl methyl sites for hydroxylation is 1. The van der Waals surface area contributed by atoms with Crippen LogP contribution in [0.2, 0.25) is 0 Å². The molecule has 1 fully saturated rings. The molecule has 0 saturated heterocycles. The summed E-state index contributed by atoms with van der Waals surface area (Å²) in [5, 5.41) is 3.02. The van der Waals surface area contributed by atoms with Crippen LogP contribution in [0.1, 0.15) is 34.6 Å². The van der Waals surface area contributed by atoms with Crippen LogP contribution in [0.5, 0.6) is 0 Å². The fourth-order valence-electron chi connectivity index (χ4n) is 2.82. The molecule has 2 aromatic rings. The van der Waals surface area contributed by atoms with Gasteiger partial charge in [-0.2, -0.15) is 0 Å². The third-order valence-electron chi connectivity index (χ3n) is 4.41. The van der Waals surface area contributed by atoms with E-state index >= 15 is 0 Å². The molecule has 126 valence electrons. The lowest BCUT2D eigenvalue weighted by Gasteiger charge is -2.15. The fraction of sp³-hybridized carbons (Fsp3) is 0.368. The van der Waals surface area contributed by atoms with Crippen molar-refractivity contribution >= 4 is 28.8 Å². The van der Waals surface area contributed by atoms with Crippen LogP contribution in [-0.4, -0.2) is 23.8 Å². The van der Waals surface area contributed by atoms with Crippen molar-refractivity contribution in [2.45, 2.75) is 32.7 Å². The van der Waals surface area contributed by atoms with Crippen molar-refractivity contribution < 1.29 is 9.59 Å². The third kappa shape index (κ3) is 3.85. The maximum absolute atomic E-state index is 12.4. The third-order valence-corrected chi connectivity index (χ3v) is 5.54. The van der Waals surface area contributed by atoms with E-state index in [0.29, 0.717) is 12.5 Å². The zero-order chi connectivity index (χ0) is 17.3. The first kappa shape index (κ1) is 16.7. The minimum absolute atomic E-state index is 0.0245. The van der Waals surface area contributed by atoms with Gasteiger partial charge in [0.15, 0.2) is 0 Å². The predicted molar refractivity (Wildman–Crippen MR) is 97.1 cm³/mol. The number of anilines is 1. The molecule has 1 aromatic heterocycles. The monoisotopic (exact) mass is 342 g/mol. The first-order valence-electron chi connectivity index (χ1n) is 8.12. The molecule has 0 bridgehead atoms. The molecule has 0 aliphatic heterocycles. The molecule has 1 aliphatic carbocycles. The number of benzene rings is 1. The predicted octanol–water partition coefficient (Wildman–Crippen LogP) is 3.78. The number of carbonyl (C=O) groups excluding carboxylic acids is 2. The maximum atomic E-state index is 12.4. The van der Waals surface area contributed by atoms with Crippen LogP contribution in [-0.2, 0) is 16.1 Å². The van der Waals surface area contributed by atoms with Gasteiger partial charge < -0.3 is 10.2 Å². The van der Waals surface area contributed by atoms with Crippen molar-refractivity contribution in [3.63, 3.8) is 0 Å². The Balaban J connectivity index is 1.60. The van der Waals surface area contributed by atoms with Gasteiger partial charge in [-0.3, -0.25) is 9.59 Å². The molecule has 24 heavy (non-hydrogen) atoms. The molecule has 2 amide bonds. The van der Waals surface area contributed by atoms with Crippen molar-refractivity contribution in [2.24, 2.45) is 5.92 Å². The zero-order valence-corrected chi connectivity index (χ0v) is 15.0. The molecule has 0 spiro atoms. The summed E-state index contributed by atoms with van der Waals surface area (Å²) in [5.74, 6) is 0.557. The van der Waals surface area contributed by atoms with Crippen molar-refractivity contribution in [3.8, 4) is 0 Å². The van der Waals surface area contributed by atoms with E-state index in [0.717, 1.165) is 17.7 Å². The van der Waals surface area contributed by atoms with E-state index < -0.39 is 0 Å². The normalized spacial score (nSPS) is 19.0. The van der Waals surface area contributed by atoms with Gasteiger partial charge in [-0.15, -0.1) is 11.3 Å². The van der Waals surface area contributed by atoms with E-state index in [1.807, 2.05) is 24.3 Å². The van der Waals surface area contributed by atoms with Crippen LogP contribution in [0, 0.1) is 12.8 Å². The van der Waals surface area contributed by atoms with Gasteiger partial charge in [-0.05, 0) is 43.2 Å². The molecule has 1 heterocycles. The number of amides is 2. The minimum Gasteiger partial charge on any atom is -0.342 e. The smallest absolute Gasteiger partial charge is 0.228 e. The van der Waals surface area contributed by atoms with Gasteiger partial charge in [0.25, 0.3) is 0 Å². The Morgan fingerprint density at radius 1 is 1.29 bits per heavy atom. The van der Waals surface area contributed by atoms with E-state index in [2.05, 4.69) is 24.4 Å². The highest BCUT2D eigenvalue weighted by Crippen LogP contribution is 2.50. The minimum atomic E-state index is 0.0245. The SMILES string of the molecule is CC(=O)N(C)Cc1cccc(NC(=O)C2CC2c2ccc(C)s2)c1. The highest BCUT2D eigenvalue weighted by molar-refractivity contribution is 7.12. The lowest BCUT2D eigenvalue weighted by Crippen LogP contribution is -2.23. The highest BCUT2D eigenvalue weighted by Gasteiger charge is 2.44. The average Bonchev–Trinajstić information content (AvgIpc) is 3.22. The second-order valence-corrected chi connectivity index (χ2v) is 7.78. The molecular formula is C19H22N2O2S. The average molecular weight is 342 g/mol. The van der Waals surface area contributed by atoms with Crippen molar-refractivity contribution in [1.82, 2.24) is 4.90 Å². The van der Waals surface area contributed by atoms with Gasteiger partial charge >= 0.3 is 0 Å². The Morgan fingerprint density at radius 2 is 2.08 bits per heavy atom. The summed E-state index contributed by atoms with van der Waals surface area (Å²) in [4.78, 5) is 28.0.